The van der Waals surface area contributed by atoms with Crippen LogP contribution in [0.2, 0.25) is 0 Å². The molecule has 1 fully saturated rings. The van der Waals surface area contributed by atoms with Gasteiger partial charge in [0, 0.05) is 31.4 Å². The molecule has 0 aliphatic carbocycles. The van der Waals surface area contributed by atoms with E-state index in [0.717, 1.165) is 12.1 Å². The van der Waals surface area contributed by atoms with E-state index in [2.05, 4.69) is 4.98 Å². The Morgan fingerprint density at radius 1 is 1.43 bits per heavy atom. The molecule has 1 atom stereocenters. The molecule has 0 spiro atoms. The summed E-state index contributed by atoms with van der Waals surface area (Å²) in [5.41, 5.74) is 0.151. The fraction of sp³-hybridized carbons (Fsp3) is 0.562. The second kappa shape index (κ2) is 6.70. The number of hydrogen-bond donors (Lipinski definition) is 1. The third-order valence-corrected chi connectivity index (χ3v) is 4.21. The van der Waals surface area contributed by atoms with Gasteiger partial charge >= 0.3 is 5.97 Å². The molecule has 0 aromatic carbocycles. The minimum absolute atomic E-state index is 0.0277. The Morgan fingerprint density at radius 3 is 2.86 bits per heavy atom. The average Bonchev–Trinajstić information content (AvgIpc) is 2.92. The van der Waals surface area contributed by atoms with Gasteiger partial charge in [0.2, 0.25) is 5.91 Å². The number of carbonyl (C=O) groups is 2. The maximum Gasteiger partial charge on any atom is 0.311 e. The Labute approximate surface area is 125 Å². The van der Waals surface area contributed by atoms with Crippen LogP contribution in [0.3, 0.4) is 0 Å². The zero-order valence-corrected chi connectivity index (χ0v) is 12.4. The zero-order chi connectivity index (χ0) is 15.3. The van der Waals surface area contributed by atoms with Crippen LogP contribution < -0.4 is 0 Å². The molecule has 114 valence electrons. The van der Waals surface area contributed by atoms with Crippen molar-refractivity contribution in [3.05, 3.63) is 30.1 Å². The monoisotopic (exact) mass is 290 g/mol. The van der Waals surface area contributed by atoms with Crippen LogP contribution >= 0.6 is 0 Å². The molecule has 1 unspecified atom stereocenters. The van der Waals surface area contributed by atoms with Gasteiger partial charge in [0.15, 0.2) is 0 Å². The number of aliphatic carboxylic acids is 1. The highest BCUT2D eigenvalue weighted by atomic mass is 16.4. The molecule has 1 N–H and O–H groups in total. The molecule has 5 nitrogen and oxygen atoms in total. The van der Waals surface area contributed by atoms with Crippen LogP contribution in [-0.2, 0) is 16.0 Å². The van der Waals surface area contributed by atoms with Crippen molar-refractivity contribution in [3.63, 3.8) is 0 Å². The summed E-state index contributed by atoms with van der Waals surface area (Å²) in [6.07, 6.45) is 4.72. The molecule has 0 radical (unpaired) electrons. The van der Waals surface area contributed by atoms with E-state index in [1.54, 1.807) is 11.1 Å². The fourth-order valence-corrected chi connectivity index (χ4v) is 2.99. The predicted octanol–water partition coefficient (Wildman–Crippen LogP) is 2.12. The Kier molecular flexibility index (Phi) is 4.94. The van der Waals surface area contributed by atoms with E-state index in [9.17, 15) is 14.7 Å². The number of aromatic nitrogens is 1. The van der Waals surface area contributed by atoms with Gasteiger partial charge in [-0.15, -0.1) is 0 Å². The van der Waals surface area contributed by atoms with Gasteiger partial charge in [0.25, 0.3) is 0 Å². The molecule has 1 aliphatic rings. The van der Waals surface area contributed by atoms with Crippen molar-refractivity contribution < 1.29 is 14.7 Å². The van der Waals surface area contributed by atoms with Gasteiger partial charge < -0.3 is 10.0 Å². The average molecular weight is 290 g/mol. The standard InChI is InChI=1S/C16H22N2O3/c1-2-8-16(15(20)21)9-11-18(12-16)14(19)7-6-13-5-3-4-10-17-13/h3-5,10H,2,6-9,11-12H2,1H3,(H,20,21). The van der Waals surface area contributed by atoms with E-state index in [-0.39, 0.29) is 5.91 Å². The minimum atomic E-state index is -0.774. The summed E-state index contributed by atoms with van der Waals surface area (Å²) in [5, 5.41) is 9.45. The van der Waals surface area contributed by atoms with Crippen LogP contribution in [0.4, 0.5) is 0 Å². The lowest BCUT2D eigenvalue weighted by atomic mass is 9.83. The van der Waals surface area contributed by atoms with Crippen LogP contribution in [0.5, 0.6) is 0 Å². The van der Waals surface area contributed by atoms with Crippen molar-refractivity contribution in [1.82, 2.24) is 9.88 Å². The summed E-state index contributed by atoms with van der Waals surface area (Å²) in [6, 6.07) is 5.65. The van der Waals surface area contributed by atoms with E-state index >= 15 is 0 Å². The number of hydrogen-bond acceptors (Lipinski definition) is 3. The van der Waals surface area contributed by atoms with Gasteiger partial charge in [-0.3, -0.25) is 14.6 Å². The number of carbonyl (C=O) groups excluding carboxylic acids is 1. The van der Waals surface area contributed by atoms with Crippen molar-refractivity contribution in [3.8, 4) is 0 Å². The van der Waals surface area contributed by atoms with Gasteiger partial charge in [0.1, 0.15) is 0 Å². The number of likely N-dealkylation sites (tertiary alicyclic amines) is 1. The van der Waals surface area contributed by atoms with Crippen LogP contribution in [0, 0.1) is 5.41 Å². The van der Waals surface area contributed by atoms with E-state index in [1.165, 1.54) is 0 Å². The first-order valence-electron chi connectivity index (χ1n) is 7.48. The van der Waals surface area contributed by atoms with Crippen LogP contribution in [0.25, 0.3) is 0 Å². The van der Waals surface area contributed by atoms with Gasteiger partial charge in [0.05, 0.1) is 5.41 Å². The maximum atomic E-state index is 12.2. The Hall–Kier alpha value is -1.91. The third kappa shape index (κ3) is 3.60. The van der Waals surface area contributed by atoms with E-state index in [1.807, 2.05) is 25.1 Å². The molecule has 1 aromatic heterocycles. The van der Waals surface area contributed by atoms with E-state index in [0.29, 0.717) is 38.8 Å². The molecular formula is C16H22N2O3. The number of pyridine rings is 1. The summed E-state index contributed by atoms with van der Waals surface area (Å²) in [7, 11) is 0. The van der Waals surface area contributed by atoms with Crippen molar-refractivity contribution in [2.24, 2.45) is 5.41 Å². The quantitative estimate of drug-likeness (QED) is 0.871. The molecule has 0 saturated carbocycles. The zero-order valence-electron chi connectivity index (χ0n) is 12.4. The Morgan fingerprint density at radius 2 is 2.24 bits per heavy atom. The SMILES string of the molecule is CCCC1(C(=O)O)CCN(C(=O)CCc2ccccn2)C1. The van der Waals surface area contributed by atoms with Crippen LogP contribution in [0.1, 0.15) is 38.3 Å². The number of rotatable bonds is 6. The van der Waals surface area contributed by atoms with Crippen molar-refractivity contribution in [1.29, 1.82) is 0 Å². The fourth-order valence-electron chi connectivity index (χ4n) is 2.99. The first kappa shape index (κ1) is 15.5. The summed E-state index contributed by atoms with van der Waals surface area (Å²) >= 11 is 0. The van der Waals surface area contributed by atoms with Gasteiger partial charge in [-0.2, -0.15) is 0 Å². The van der Waals surface area contributed by atoms with Crippen LogP contribution in [0.15, 0.2) is 24.4 Å². The second-order valence-electron chi connectivity index (χ2n) is 5.72. The molecule has 2 heterocycles. The maximum absolute atomic E-state index is 12.2. The third-order valence-electron chi connectivity index (χ3n) is 4.21. The van der Waals surface area contributed by atoms with E-state index < -0.39 is 11.4 Å². The predicted molar refractivity (Wildman–Crippen MR) is 78.7 cm³/mol. The molecule has 1 saturated heterocycles. The molecule has 1 aromatic rings. The molecule has 1 aliphatic heterocycles. The lowest BCUT2D eigenvalue weighted by Crippen LogP contribution is -2.37. The van der Waals surface area contributed by atoms with Crippen molar-refractivity contribution in [2.75, 3.05) is 13.1 Å². The first-order valence-corrected chi connectivity index (χ1v) is 7.48. The number of carboxylic acid groups (broad SMARTS) is 1. The lowest BCUT2D eigenvalue weighted by molar-refractivity contribution is -0.149. The highest BCUT2D eigenvalue weighted by Crippen LogP contribution is 2.35. The number of aryl methyl sites for hydroxylation is 1. The Bertz CT molecular complexity index is 504. The highest BCUT2D eigenvalue weighted by Gasteiger charge is 2.45. The molecule has 0 bridgehead atoms. The summed E-state index contributed by atoms with van der Waals surface area (Å²) < 4.78 is 0. The summed E-state index contributed by atoms with van der Waals surface area (Å²) in [5.74, 6) is -0.746. The van der Waals surface area contributed by atoms with Gasteiger partial charge in [-0.05, 0) is 31.4 Å². The molecule has 21 heavy (non-hydrogen) atoms. The number of carboxylic acids is 1. The van der Waals surface area contributed by atoms with Crippen molar-refractivity contribution >= 4 is 11.9 Å². The molecule has 1 amide bonds. The van der Waals surface area contributed by atoms with Gasteiger partial charge in [-0.1, -0.05) is 19.4 Å². The Balaban J connectivity index is 1.91. The topological polar surface area (TPSA) is 70.5 Å². The molecule has 2 rings (SSSR count). The number of amides is 1. The van der Waals surface area contributed by atoms with Crippen molar-refractivity contribution in [2.45, 2.75) is 39.0 Å². The molecule has 5 heteroatoms. The smallest absolute Gasteiger partial charge is 0.311 e. The summed E-state index contributed by atoms with van der Waals surface area (Å²) in [6.45, 7) is 2.88. The minimum Gasteiger partial charge on any atom is -0.481 e. The first-order chi connectivity index (χ1) is 10.1. The van der Waals surface area contributed by atoms with Crippen LogP contribution in [-0.4, -0.2) is 40.0 Å². The second-order valence-corrected chi connectivity index (χ2v) is 5.72. The van der Waals surface area contributed by atoms with Gasteiger partial charge in [-0.25, -0.2) is 0 Å². The summed E-state index contributed by atoms with van der Waals surface area (Å²) in [4.78, 5) is 29.7. The number of nitrogens with zero attached hydrogens (tertiary/aromatic N) is 2. The largest absolute Gasteiger partial charge is 0.481 e. The van der Waals surface area contributed by atoms with E-state index in [4.69, 9.17) is 0 Å². The highest BCUT2D eigenvalue weighted by molar-refractivity contribution is 5.80. The molecular weight excluding hydrogens is 268 g/mol. The normalized spacial score (nSPS) is 21.5. The lowest BCUT2D eigenvalue weighted by Gasteiger charge is -2.24.